The number of benzene rings is 2. The van der Waals surface area contributed by atoms with Crippen molar-refractivity contribution in [3.8, 4) is 0 Å². The lowest BCUT2D eigenvalue weighted by Crippen LogP contribution is -2.27. The van der Waals surface area contributed by atoms with E-state index < -0.39 is 28.7 Å². The average Bonchev–Trinajstić information content (AvgIpc) is 2.67. The molecule has 0 amide bonds. The van der Waals surface area contributed by atoms with Gasteiger partial charge in [-0.2, -0.15) is 25.3 Å². The predicted molar refractivity (Wildman–Crippen MR) is 103 cm³/mol. The molecule has 0 spiro atoms. The number of thiol groups is 2. The number of ether oxygens (including phenoxy) is 2. The molecule has 6 heteroatoms. The fourth-order valence-corrected chi connectivity index (χ4v) is 2.59. The van der Waals surface area contributed by atoms with Crippen LogP contribution in [0.4, 0.5) is 0 Å². The molecule has 0 aliphatic heterocycles. The van der Waals surface area contributed by atoms with E-state index in [4.69, 9.17) is 9.47 Å². The third-order valence-electron chi connectivity index (χ3n) is 3.51. The summed E-state index contributed by atoms with van der Waals surface area (Å²) in [6.07, 6.45) is -0.640. The number of hydrogen-bond donors (Lipinski definition) is 2. The van der Waals surface area contributed by atoms with Crippen molar-refractivity contribution in [1.82, 2.24) is 0 Å². The molecular formula is C19H20O4S2. The first kappa shape index (κ1) is 19.4. The predicted octanol–water partition coefficient (Wildman–Crippen LogP) is 4.15. The quantitative estimate of drug-likeness (QED) is 0.433. The summed E-state index contributed by atoms with van der Waals surface area (Å²) in [5, 5.41) is -1.48. The van der Waals surface area contributed by atoms with E-state index in [0.717, 1.165) is 0 Å². The zero-order valence-corrected chi connectivity index (χ0v) is 15.5. The van der Waals surface area contributed by atoms with Gasteiger partial charge in [0, 0.05) is 6.42 Å². The number of carbonyl (C=O) groups is 2. The number of rotatable bonds is 7. The fourth-order valence-electron chi connectivity index (χ4n) is 2.12. The Morgan fingerprint density at radius 1 is 0.800 bits per heavy atom. The SMILES string of the molecule is CCC(OC(=O)C(S)c1ccccc1)OC(=O)C(S)c1ccccc1. The molecule has 25 heavy (non-hydrogen) atoms. The van der Waals surface area contributed by atoms with Crippen LogP contribution >= 0.6 is 25.3 Å². The number of esters is 2. The Morgan fingerprint density at radius 2 is 1.16 bits per heavy atom. The minimum absolute atomic E-state index is 0.335. The highest BCUT2D eigenvalue weighted by Gasteiger charge is 2.26. The van der Waals surface area contributed by atoms with Gasteiger partial charge in [-0.05, 0) is 11.1 Å². The van der Waals surface area contributed by atoms with Crippen LogP contribution in [0.15, 0.2) is 60.7 Å². The van der Waals surface area contributed by atoms with Crippen LogP contribution in [0.1, 0.15) is 35.0 Å². The Hall–Kier alpha value is -1.92. The van der Waals surface area contributed by atoms with Gasteiger partial charge in [-0.1, -0.05) is 67.6 Å². The molecular weight excluding hydrogens is 356 g/mol. The van der Waals surface area contributed by atoms with Crippen molar-refractivity contribution in [3.05, 3.63) is 71.8 Å². The van der Waals surface area contributed by atoms with Crippen molar-refractivity contribution in [2.45, 2.75) is 30.1 Å². The van der Waals surface area contributed by atoms with E-state index in [-0.39, 0.29) is 0 Å². The summed E-state index contributed by atoms with van der Waals surface area (Å²) in [5.74, 6) is -1.13. The van der Waals surface area contributed by atoms with E-state index in [1.807, 2.05) is 36.4 Å². The molecule has 0 aliphatic carbocycles. The van der Waals surface area contributed by atoms with Gasteiger partial charge in [0.15, 0.2) is 0 Å². The van der Waals surface area contributed by atoms with Crippen LogP contribution in [-0.2, 0) is 19.1 Å². The number of hydrogen-bond acceptors (Lipinski definition) is 6. The normalized spacial score (nSPS) is 14.2. The maximum Gasteiger partial charge on any atom is 0.326 e. The van der Waals surface area contributed by atoms with E-state index >= 15 is 0 Å². The molecule has 2 aromatic carbocycles. The van der Waals surface area contributed by atoms with Gasteiger partial charge in [-0.25, -0.2) is 0 Å². The van der Waals surface area contributed by atoms with Crippen molar-refractivity contribution in [2.24, 2.45) is 0 Å². The van der Waals surface area contributed by atoms with Gasteiger partial charge < -0.3 is 9.47 Å². The van der Waals surface area contributed by atoms with Crippen molar-refractivity contribution >= 4 is 37.2 Å². The molecule has 4 nitrogen and oxygen atoms in total. The largest absolute Gasteiger partial charge is 0.424 e. The standard InChI is InChI=1S/C19H20O4S2/c1-2-15(22-18(20)16(24)13-9-5-3-6-10-13)23-19(21)17(25)14-11-7-4-8-12-14/h3-12,15-17,24-25H,2H2,1H3. The van der Waals surface area contributed by atoms with Crippen molar-refractivity contribution in [1.29, 1.82) is 0 Å². The smallest absolute Gasteiger partial charge is 0.326 e. The Morgan fingerprint density at radius 3 is 1.48 bits per heavy atom. The number of carbonyl (C=O) groups excluding carboxylic acids is 2. The molecule has 0 aromatic heterocycles. The van der Waals surface area contributed by atoms with Gasteiger partial charge in [0.2, 0.25) is 6.29 Å². The van der Waals surface area contributed by atoms with Crippen LogP contribution in [0.5, 0.6) is 0 Å². The van der Waals surface area contributed by atoms with Crippen molar-refractivity contribution < 1.29 is 19.1 Å². The van der Waals surface area contributed by atoms with Crippen LogP contribution in [0.25, 0.3) is 0 Å². The Balaban J connectivity index is 1.95. The molecule has 0 saturated heterocycles. The minimum Gasteiger partial charge on any atom is -0.424 e. The van der Waals surface area contributed by atoms with Gasteiger partial charge >= 0.3 is 11.9 Å². The fraction of sp³-hybridized carbons (Fsp3) is 0.263. The van der Waals surface area contributed by atoms with Crippen LogP contribution in [-0.4, -0.2) is 18.2 Å². The van der Waals surface area contributed by atoms with Crippen LogP contribution in [0.3, 0.4) is 0 Å². The molecule has 2 atom stereocenters. The maximum absolute atomic E-state index is 12.2. The monoisotopic (exact) mass is 376 g/mol. The summed E-state index contributed by atoms with van der Waals surface area (Å²) < 4.78 is 10.6. The van der Waals surface area contributed by atoms with Gasteiger partial charge in [0.25, 0.3) is 0 Å². The van der Waals surface area contributed by atoms with E-state index in [9.17, 15) is 9.59 Å². The molecule has 2 aromatic rings. The first-order valence-corrected chi connectivity index (χ1v) is 8.93. The second-order valence-corrected chi connectivity index (χ2v) is 6.37. The van der Waals surface area contributed by atoms with Crippen molar-refractivity contribution in [3.63, 3.8) is 0 Å². The van der Waals surface area contributed by atoms with Gasteiger partial charge in [0.1, 0.15) is 10.5 Å². The van der Waals surface area contributed by atoms with E-state index in [0.29, 0.717) is 17.5 Å². The van der Waals surface area contributed by atoms with Crippen LogP contribution < -0.4 is 0 Å². The molecule has 132 valence electrons. The highest BCUT2D eigenvalue weighted by atomic mass is 32.1. The molecule has 0 radical (unpaired) electrons. The van der Waals surface area contributed by atoms with Gasteiger partial charge in [0.05, 0.1) is 0 Å². The third-order valence-corrected chi connectivity index (χ3v) is 4.52. The second kappa shape index (κ2) is 9.53. The summed E-state index contributed by atoms with van der Waals surface area (Å²) in [4.78, 5) is 24.5. The van der Waals surface area contributed by atoms with E-state index in [1.54, 1.807) is 31.2 Å². The molecule has 0 aliphatic rings. The summed E-state index contributed by atoms with van der Waals surface area (Å²) in [7, 11) is 0. The second-order valence-electron chi connectivity index (χ2n) is 5.34. The zero-order chi connectivity index (χ0) is 18.2. The van der Waals surface area contributed by atoms with Gasteiger partial charge in [-0.3, -0.25) is 9.59 Å². The topological polar surface area (TPSA) is 52.6 Å². The van der Waals surface area contributed by atoms with Crippen LogP contribution in [0.2, 0.25) is 0 Å². The summed E-state index contributed by atoms with van der Waals surface area (Å²) in [6, 6.07) is 18.1. The summed E-state index contributed by atoms with van der Waals surface area (Å²) in [6.45, 7) is 1.76. The lowest BCUT2D eigenvalue weighted by Gasteiger charge is -2.20. The maximum atomic E-state index is 12.2. The average molecular weight is 376 g/mol. The van der Waals surface area contributed by atoms with Gasteiger partial charge in [-0.15, -0.1) is 0 Å². The molecule has 0 bridgehead atoms. The van der Waals surface area contributed by atoms with Crippen LogP contribution in [0, 0.1) is 0 Å². The molecule has 0 fully saturated rings. The molecule has 0 N–H and O–H groups in total. The Labute approximate surface area is 158 Å². The Bertz CT molecular complexity index is 632. The first-order chi connectivity index (χ1) is 12.0. The first-order valence-electron chi connectivity index (χ1n) is 7.90. The Kier molecular flexibility index (Phi) is 7.40. The molecule has 2 unspecified atom stereocenters. The summed E-state index contributed by atoms with van der Waals surface area (Å²) >= 11 is 8.57. The highest BCUT2D eigenvalue weighted by Crippen LogP contribution is 2.25. The highest BCUT2D eigenvalue weighted by molar-refractivity contribution is 7.81. The van der Waals surface area contributed by atoms with E-state index in [2.05, 4.69) is 25.3 Å². The third kappa shape index (κ3) is 5.54. The molecule has 0 heterocycles. The lowest BCUT2D eigenvalue weighted by molar-refractivity contribution is -0.187. The zero-order valence-electron chi connectivity index (χ0n) is 13.7. The van der Waals surface area contributed by atoms with Crippen molar-refractivity contribution in [2.75, 3.05) is 0 Å². The summed E-state index contributed by atoms with van der Waals surface area (Å²) in [5.41, 5.74) is 1.43. The molecule has 0 saturated carbocycles. The molecule has 2 rings (SSSR count). The van der Waals surface area contributed by atoms with E-state index in [1.165, 1.54) is 0 Å². The minimum atomic E-state index is -0.975. The lowest BCUT2D eigenvalue weighted by atomic mass is 10.1.